The van der Waals surface area contributed by atoms with E-state index in [-0.39, 0.29) is 10.1 Å². The van der Waals surface area contributed by atoms with Crippen molar-refractivity contribution in [3.8, 4) is 5.75 Å². The molecule has 0 bridgehead atoms. The number of halogens is 6. The lowest BCUT2D eigenvalue weighted by atomic mass is 10.1. The number of anilines is 1. The topological polar surface area (TPSA) is 50.4 Å². The fourth-order valence-electron chi connectivity index (χ4n) is 1.90. The van der Waals surface area contributed by atoms with Crippen molar-refractivity contribution in [1.29, 1.82) is 0 Å². The molecule has 11 heteroatoms. The molecule has 0 aliphatic carbocycles. The molecule has 138 valence electrons. The second-order valence-electron chi connectivity index (χ2n) is 4.70. The van der Waals surface area contributed by atoms with E-state index in [1.54, 1.807) is 18.2 Å². The molecular formula is C15H8ClF4IN2O2S. The maximum atomic E-state index is 13.9. The van der Waals surface area contributed by atoms with Crippen LogP contribution in [0.25, 0.3) is 0 Å². The molecule has 0 fully saturated rings. The Labute approximate surface area is 169 Å². The summed E-state index contributed by atoms with van der Waals surface area (Å²) >= 11 is 12.8. The van der Waals surface area contributed by atoms with Gasteiger partial charge in [0, 0.05) is 3.57 Å². The van der Waals surface area contributed by atoms with Crippen molar-refractivity contribution >= 4 is 63.1 Å². The SMILES string of the molecule is COc1c(F)c(F)c(C(=O)NC(=S)Nc2ccc(I)cc2Cl)c(F)c1F. The van der Waals surface area contributed by atoms with Gasteiger partial charge in [-0.15, -0.1) is 0 Å². The molecular weight excluding hydrogens is 511 g/mol. The van der Waals surface area contributed by atoms with E-state index >= 15 is 0 Å². The average Bonchev–Trinajstić information content (AvgIpc) is 2.56. The quantitative estimate of drug-likeness (QED) is 0.269. The molecule has 0 saturated carbocycles. The summed E-state index contributed by atoms with van der Waals surface area (Å²) in [7, 11) is 0.823. The summed E-state index contributed by atoms with van der Waals surface area (Å²) in [5.41, 5.74) is -1.16. The van der Waals surface area contributed by atoms with Crippen molar-refractivity contribution in [2.45, 2.75) is 0 Å². The summed E-state index contributed by atoms with van der Waals surface area (Å²) < 4.78 is 60.3. The maximum Gasteiger partial charge on any atom is 0.263 e. The van der Waals surface area contributed by atoms with Gasteiger partial charge in [0.25, 0.3) is 5.91 Å². The van der Waals surface area contributed by atoms with E-state index in [1.807, 2.05) is 27.9 Å². The highest BCUT2D eigenvalue weighted by atomic mass is 127. The maximum absolute atomic E-state index is 13.9. The highest BCUT2D eigenvalue weighted by Gasteiger charge is 2.30. The van der Waals surface area contributed by atoms with Crippen molar-refractivity contribution in [1.82, 2.24) is 5.32 Å². The fraction of sp³-hybridized carbons (Fsp3) is 0.0667. The zero-order valence-electron chi connectivity index (χ0n) is 12.7. The summed E-state index contributed by atoms with van der Waals surface area (Å²) in [5.74, 6) is -10.3. The molecule has 0 unspecified atom stereocenters. The van der Waals surface area contributed by atoms with Crippen molar-refractivity contribution in [3.63, 3.8) is 0 Å². The molecule has 4 nitrogen and oxygen atoms in total. The van der Waals surface area contributed by atoms with Gasteiger partial charge in [0.15, 0.2) is 22.5 Å². The standard InChI is InChI=1S/C15H8ClF4IN2O2S/c1-25-13-11(19)9(17)8(10(18)12(13)20)14(24)23-15(26)22-7-3-2-5(21)4-6(7)16/h2-4H,1H3,(H2,22,23,24,26). The molecule has 0 radical (unpaired) electrons. The highest BCUT2D eigenvalue weighted by molar-refractivity contribution is 14.1. The van der Waals surface area contributed by atoms with Gasteiger partial charge in [-0.2, -0.15) is 8.78 Å². The lowest BCUT2D eigenvalue weighted by Gasteiger charge is -2.13. The molecule has 2 aromatic carbocycles. The van der Waals surface area contributed by atoms with E-state index in [0.29, 0.717) is 5.69 Å². The molecule has 0 heterocycles. The third-order valence-electron chi connectivity index (χ3n) is 3.06. The fourth-order valence-corrected chi connectivity index (χ4v) is 3.01. The molecule has 2 N–H and O–H groups in total. The summed E-state index contributed by atoms with van der Waals surface area (Å²) in [4.78, 5) is 12.0. The van der Waals surface area contributed by atoms with Crippen LogP contribution in [0.2, 0.25) is 5.02 Å². The largest absolute Gasteiger partial charge is 0.491 e. The van der Waals surface area contributed by atoms with Gasteiger partial charge >= 0.3 is 0 Å². The minimum Gasteiger partial charge on any atom is -0.491 e. The van der Waals surface area contributed by atoms with Crippen LogP contribution in [0.3, 0.4) is 0 Å². The Morgan fingerprint density at radius 3 is 2.23 bits per heavy atom. The lowest BCUT2D eigenvalue weighted by Crippen LogP contribution is -2.35. The summed E-state index contributed by atoms with van der Waals surface area (Å²) in [5, 5.41) is 4.35. The number of carbonyl (C=O) groups excluding carboxylic acids is 1. The Balaban J connectivity index is 2.26. The van der Waals surface area contributed by atoms with Gasteiger partial charge < -0.3 is 10.1 Å². The molecule has 0 aliphatic heterocycles. The minimum absolute atomic E-state index is 0.271. The van der Waals surface area contributed by atoms with E-state index in [4.69, 9.17) is 23.8 Å². The molecule has 26 heavy (non-hydrogen) atoms. The number of hydrogen-bond donors (Lipinski definition) is 2. The van der Waals surface area contributed by atoms with Gasteiger partial charge in [-0.3, -0.25) is 10.1 Å². The number of benzene rings is 2. The first-order valence-electron chi connectivity index (χ1n) is 6.64. The number of nitrogens with one attached hydrogen (secondary N) is 2. The predicted octanol–water partition coefficient (Wildman–Crippen LogP) is 4.64. The van der Waals surface area contributed by atoms with E-state index < -0.39 is 40.5 Å². The predicted molar refractivity (Wildman–Crippen MR) is 101 cm³/mol. The molecule has 0 atom stereocenters. The minimum atomic E-state index is -1.91. The molecule has 0 saturated heterocycles. The monoisotopic (exact) mass is 518 g/mol. The lowest BCUT2D eigenvalue weighted by molar-refractivity contribution is 0.0966. The van der Waals surface area contributed by atoms with Gasteiger partial charge in [-0.1, -0.05) is 11.6 Å². The molecule has 0 spiro atoms. The Kier molecular flexibility index (Phi) is 6.64. The van der Waals surface area contributed by atoms with Crippen LogP contribution in [-0.4, -0.2) is 18.1 Å². The number of hydrogen-bond acceptors (Lipinski definition) is 3. The summed E-state index contributed by atoms with van der Waals surface area (Å²) in [6.45, 7) is 0. The number of amides is 1. The zero-order valence-corrected chi connectivity index (χ0v) is 16.5. The Morgan fingerprint density at radius 2 is 1.73 bits per heavy atom. The van der Waals surface area contributed by atoms with E-state index in [9.17, 15) is 22.4 Å². The first-order valence-corrected chi connectivity index (χ1v) is 8.51. The van der Waals surface area contributed by atoms with E-state index in [2.05, 4.69) is 10.1 Å². The van der Waals surface area contributed by atoms with Crippen molar-refractivity contribution in [3.05, 3.63) is 55.6 Å². The van der Waals surface area contributed by atoms with Gasteiger partial charge in [-0.25, -0.2) is 8.78 Å². The summed E-state index contributed by atoms with van der Waals surface area (Å²) in [6.07, 6.45) is 0. The van der Waals surface area contributed by atoms with Crippen molar-refractivity contribution in [2.24, 2.45) is 0 Å². The van der Waals surface area contributed by atoms with E-state index in [0.717, 1.165) is 10.7 Å². The van der Waals surface area contributed by atoms with Crippen LogP contribution < -0.4 is 15.4 Å². The van der Waals surface area contributed by atoms with Crippen molar-refractivity contribution in [2.75, 3.05) is 12.4 Å². The first kappa shape index (κ1) is 20.6. The van der Waals surface area contributed by atoms with Crippen LogP contribution in [0.15, 0.2) is 18.2 Å². The van der Waals surface area contributed by atoms with Gasteiger partial charge in [-0.05, 0) is 53.0 Å². The first-order chi connectivity index (χ1) is 12.2. The second kappa shape index (κ2) is 8.35. The van der Waals surface area contributed by atoms with Crippen LogP contribution in [-0.2, 0) is 0 Å². The zero-order chi connectivity index (χ0) is 19.6. The number of methoxy groups -OCH3 is 1. The average molecular weight is 519 g/mol. The van der Waals surface area contributed by atoms with Crippen LogP contribution in [0.5, 0.6) is 5.75 Å². The molecule has 2 aromatic rings. The van der Waals surface area contributed by atoms with Gasteiger partial charge in [0.1, 0.15) is 5.56 Å². The summed E-state index contributed by atoms with van der Waals surface area (Å²) in [6, 6.07) is 4.84. The number of carbonyl (C=O) groups is 1. The third-order valence-corrected chi connectivity index (χ3v) is 4.25. The Morgan fingerprint density at radius 1 is 1.15 bits per heavy atom. The molecule has 0 aromatic heterocycles. The van der Waals surface area contributed by atoms with Crippen molar-refractivity contribution < 1.29 is 27.1 Å². The van der Waals surface area contributed by atoms with Crippen LogP contribution in [0.4, 0.5) is 23.2 Å². The van der Waals surface area contributed by atoms with Crippen LogP contribution in [0.1, 0.15) is 10.4 Å². The number of ether oxygens (including phenoxy) is 1. The third kappa shape index (κ3) is 4.18. The molecule has 0 aliphatic rings. The smallest absolute Gasteiger partial charge is 0.263 e. The van der Waals surface area contributed by atoms with Crippen LogP contribution in [0, 0.1) is 26.8 Å². The second-order valence-corrected chi connectivity index (χ2v) is 6.76. The highest BCUT2D eigenvalue weighted by Crippen LogP contribution is 2.30. The number of thiocarbonyl (C=S) groups is 1. The van der Waals surface area contributed by atoms with Gasteiger partial charge in [0.2, 0.25) is 11.6 Å². The molecule has 1 amide bonds. The normalized spacial score (nSPS) is 10.4. The van der Waals surface area contributed by atoms with E-state index in [1.165, 1.54) is 0 Å². The molecule has 2 rings (SSSR count). The van der Waals surface area contributed by atoms with Crippen LogP contribution >= 0.6 is 46.4 Å². The Bertz CT molecular complexity index is 885. The van der Waals surface area contributed by atoms with Gasteiger partial charge in [0.05, 0.1) is 17.8 Å². The Hall–Kier alpha value is -1.66. The number of rotatable bonds is 3.